The molecular weight excluding hydrogens is 1520 g/mol. The SMILES string of the molecule is C.Cc1cc(Nc2nc(C3CCCNC3)cn3c(-c4cnn(C)c4)cnc23)sn1.Cc1cc(Nc2nc(C3CCNCC3)cn3c(-c4cnn(C)c4)cnc23)sn1.Cn1cc(-c2cnc3c(Nc4cc(C5CCNC5)ns4)nccn23)cn1.Cn1cc(-c2cnc3c(Nc4ccc(-n5ccnc5)cc4)nc(C4CCNCC4)cn23)cn1. The Balaban J connectivity index is 0.000000111. The fourth-order valence-electron chi connectivity index (χ4n) is 15.2. The number of hydrogen-bond donors (Lipinski definition) is 8. The van der Waals surface area contributed by atoms with E-state index in [9.17, 15) is 0 Å². The molecule has 4 aliphatic heterocycles. The van der Waals surface area contributed by atoms with Gasteiger partial charge in [-0.05, 0) is 175 Å². The van der Waals surface area contributed by atoms with E-state index in [0.29, 0.717) is 23.7 Å². The van der Waals surface area contributed by atoms with Crippen LogP contribution in [0, 0.1) is 13.8 Å². The van der Waals surface area contributed by atoms with Crippen LogP contribution in [0.2, 0.25) is 0 Å². The van der Waals surface area contributed by atoms with Gasteiger partial charge in [0.05, 0.1) is 113 Å². The molecule has 4 aliphatic rings. The van der Waals surface area contributed by atoms with E-state index in [-0.39, 0.29) is 7.43 Å². The molecule has 17 aromatic rings. The van der Waals surface area contributed by atoms with Crippen LogP contribution in [-0.2, 0) is 28.2 Å². The van der Waals surface area contributed by atoms with Crippen LogP contribution < -0.4 is 42.5 Å². The van der Waals surface area contributed by atoms with Gasteiger partial charge in [-0.2, -0.15) is 33.5 Å². The molecule has 0 saturated carbocycles. The maximum absolute atomic E-state index is 5.05. The first-order valence-electron chi connectivity index (χ1n) is 38.6. The number of rotatable bonds is 17. The highest BCUT2D eigenvalue weighted by Gasteiger charge is 2.27. The van der Waals surface area contributed by atoms with Gasteiger partial charge < -0.3 is 47.1 Å². The fourth-order valence-corrected chi connectivity index (χ4v) is 17.2. The van der Waals surface area contributed by atoms with Gasteiger partial charge in [-0.3, -0.25) is 36.3 Å². The summed E-state index contributed by atoms with van der Waals surface area (Å²) in [7, 11) is 7.68. The van der Waals surface area contributed by atoms with Gasteiger partial charge in [-0.25, -0.2) is 44.9 Å². The van der Waals surface area contributed by atoms with Crippen LogP contribution in [0.5, 0.6) is 0 Å². The molecule has 594 valence electrons. The van der Waals surface area contributed by atoms with E-state index >= 15 is 0 Å². The van der Waals surface area contributed by atoms with Crippen molar-refractivity contribution in [2.75, 3.05) is 73.6 Å². The minimum atomic E-state index is 0. The number of piperidine rings is 3. The van der Waals surface area contributed by atoms with E-state index in [4.69, 9.17) is 19.9 Å². The quantitative estimate of drug-likeness (QED) is 0.0420. The summed E-state index contributed by atoms with van der Waals surface area (Å²) in [6.45, 7) is 12.2. The fraction of sp³-hybridized carbons (Fsp3) is 0.325. The highest BCUT2D eigenvalue weighted by molar-refractivity contribution is 7.10. The number of nitrogens with one attached hydrogen (secondary N) is 8. The summed E-state index contributed by atoms with van der Waals surface area (Å²) in [6.07, 6.45) is 46.4. The summed E-state index contributed by atoms with van der Waals surface area (Å²) in [5, 5.41) is 47.7. The third kappa shape index (κ3) is 16.7. The predicted molar refractivity (Wildman–Crippen MR) is 455 cm³/mol. The number of anilines is 8. The monoisotopic (exact) mass is 1610 g/mol. The Kier molecular flexibility index (Phi) is 22.4. The molecule has 0 radical (unpaired) electrons. The Morgan fingerprint density at radius 3 is 1.23 bits per heavy atom. The smallest absolute Gasteiger partial charge is 0.180 e. The molecule has 33 nitrogen and oxygen atoms in total. The second kappa shape index (κ2) is 34.0. The molecule has 2 unspecified atom stereocenters. The van der Waals surface area contributed by atoms with Gasteiger partial charge in [0.25, 0.3) is 0 Å². The van der Waals surface area contributed by atoms with Gasteiger partial charge in [0, 0.05) is 167 Å². The predicted octanol–water partition coefficient (Wildman–Crippen LogP) is 12.8. The van der Waals surface area contributed by atoms with Gasteiger partial charge in [0.2, 0.25) is 0 Å². The zero-order valence-corrected chi connectivity index (χ0v) is 66.9. The Hall–Kier alpha value is -12.3. The van der Waals surface area contributed by atoms with Gasteiger partial charge in [-0.1, -0.05) is 7.43 Å². The summed E-state index contributed by atoms with van der Waals surface area (Å²) in [5.41, 5.74) is 19.8. The maximum Gasteiger partial charge on any atom is 0.180 e. The Bertz CT molecular complexity index is 5970. The lowest BCUT2D eigenvalue weighted by Gasteiger charge is -2.23. The first-order chi connectivity index (χ1) is 56.4. The van der Waals surface area contributed by atoms with Crippen LogP contribution >= 0.6 is 34.6 Å². The number of aryl methyl sites for hydroxylation is 6. The summed E-state index contributed by atoms with van der Waals surface area (Å²) < 4.78 is 31.0. The molecule has 116 heavy (non-hydrogen) atoms. The van der Waals surface area contributed by atoms with Crippen molar-refractivity contribution in [3.63, 3.8) is 0 Å². The molecule has 36 heteroatoms. The van der Waals surface area contributed by atoms with Crippen LogP contribution in [0.3, 0.4) is 0 Å². The lowest BCUT2D eigenvalue weighted by Crippen LogP contribution is -2.29. The van der Waals surface area contributed by atoms with E-state index in [1.807, 2.05) is 159 Å². The molecule has 21 rings (SSSR count). The molecule has 16 aromatic heterocycles. The maximum atomic E-state index is 5.05. The number of fused-ring (bicyclic) bond motifs is 4. The second-order valence-corrected chi connectivity index (χ2v) is 31.8. The van der Waals surface area contributed by atoms with Crippen molar-refractivity contribution in [3.8, 4) is 50.7 Å². The van der Waals surface area contributed by atoms with Crippen LogP contribution in [0.1, 0.15) is 110 Å². The molecule has 0 bridgehead atoms. The van der Waals surface area contributed by atoms with Crippen LogP contribution in [0.4, 0.5) is 44.0 Å². The summed E-state index contributed by atoms with van der Waals surface area (Å²) >= 11 is 4.34. The van der Waals surface area contributed by atoms with Crippen molar-refractivity contribution in [2.45, 2.75) is 89.9 Å². The average Bonchev–Trinajstić information content (AvgIpc) is 1.64. The normalized spacial score (nSPS) is 15.9. The Morgan fingerprint density at radius 1 is 0.388 bits per heavy atom. The minimum Gasteiger partial charge on any atom is -0.337 e. The van der Waals surface area contributed by atoms with Crippen LogP contribution in [0.25, 0.3) is 73.3 Å². The van der Waals surface area contributed by atoms with Crippen molar-refractivity contribution in [1.29, 1.82) is 0 Å². The lowest BCUT2D eigenvalue weighted by atomic mass is 9.95. The first-order valence-corrected chi connectivity index (χ1v) is 40.9. The molecule has 1 aromatic carbocycles. The Labute approximate surface area is 680 Å². The van der Waals surface area contributed by atoms with Crippen LogP contribution in [-0.4, -0.2) is 172 Å². The van der Waals surface area contributed by atoms with E-state index in [1.165, 1.54) is 41.0 Å². The zero-order chi connectivity index (χ0) is 77.9. The molecule has 2 atom stereocenters. The Morgan fingerprint density at radius 2 is 0.802 bits per heavy atom. The topological polar surface area (TPSA) is 345 Å². The summed E-state index contributed by atoms with van der Waals surface area (Å²) in [5.74, 6) is 4.79. The van der Waals surface area contributed by atoms with Gasteiger partial charge >= 0.3 is 0 Å². The number of imidazole rings is 5. The van der Waals surface area contributed by atoms with E-state index in [1.54, 1.807) is 28.1 Å². The van der Waals surface area contributed by atoms with E-state index < -0.39 is 0 Å². The van der Waals surface area contributed by atoms with Crippen molar-refractivity contribution in [2.24, 2.45) is 28.2 Å². The number of benzene rings is 1. The highest BCUT2D eigenvalue weighted by Crippen LogP contribution is 2.37. The van der Waals surface area contributed by atoms with Crippen molar-refractivity contribution < 1.29 is 0 Å². The zero-order valence-electron chi connectivity index (χ0n) is 64.4. The van der Waals surface area contributed by atoms with Crippen molar-refractivity contribution in [1.82, 2.24) is 141 Å². The van der Waals surface area contributed by atoms with Gasteiger partial charge in [-0.15, -0.1) is 0 Å². The van der Waals surface area contributed by atoms with Crippen molar-refractivity contribution in [3.05, 3.63) is 201 Å². The molecule has 20 heterocycles. The second-order valence-electron chi connectivity index (χ2n) is 29.4. The van der Waals surface area contributed by atoms with Gasteiger partial charge in [0.1, 0.15) is 15.0 Å². The van der Waals surface area contributed by atoms with Crippen molar-refractivity contribution >= 4 is 101 Å². The highest BCUT2D eigenvalue weighted by atomic mass is 32.1. The minimum absolute atomic E-state index is 0. The summed E-state index contributed by atoms with van der Waals surface area (Å²) in [4.78, 5) is 42.2. The molecule has 4 fully saturated rings. The molecule has 4 saturated heterocycles. The standard InChI is InChI=1S/C24H25N9.2C19H22N8S.C17H18N8S.CH4/c1-31-14-18(12-28-31)22-13-27-24-23(30-21(15-33(22)24)17-6-8-25-9-7-17)29-19-2-4-20(5-3-19)32-11-10-26-16-32;1-12-7-17(28-25-12)24-18-19-21-9-16(14-8-22-26(2)10-14)27(19)11-15(23-18)13-3-5-20-6-4-13;1-12-6-17(28-25-12)24-18-19-21-9-16(14-8-22-26(2)10-14)27(19)11-15(23-18)13-4-3-5-20-7-13;1-24-10-12(8-21-24)14-9-20-17-16(19-4-5-25(14)17)22-15-6-13(23-26-15)11-2-3-18-7-11;/h2-5,10-17,25H,6-9H2,1H3,(H,29,30);7-11,13,20H,3-6H2,1-2H3,(H,23,24);6,8-11,13,20H,3-5,7H2,1-2H3,(H,23,24);4-6,8-11,18H,2-3,7H2,1H3,(H,19,22);1H4. The third-order valence-corrected chi connectivity index (χ3v) is 23.4. The summed E-state index contributed by atoms with van der Waals surface area (Å²) in [6, 6.07) is 14.4. The average molecular weight is 1610 g/mol. The van der Waals surface area contributed by atoms with Crippen LogP contribution in [0.15, 0.2) is 167 Å². The number of aromatic nitrogens is 25. The van der Waals surface area contributed by atoms with E-state index in [2.05, 4.69) is 163 Å². The first kappa shape index (κ1) is 76.3. The molecule has 0 spiro atoms. The number of nitrogens with zero attached hydrogens (tertiary/aromatic N) is 25. The molecule has 0 aliphatic carbocycles. The number of hydrogen-bond acceptors (Lipinski definition) is 27. The van der Waals surface area contributed by atoms with E-state index in [0.717, 1.165) is 242 Å². The third-order valence-electron chi connectivity index (χ3n) is 21.1. The molecule has 8 N–H and O–H groups in total. The molecule has 0 amide bonds. The largest absolute Gasteiger partial charge is 0.337 e. The lowest BCUT2D eigenvalue weighted by molar-refractivity contribution is 0.452. The van der Waals surface area contributed by atoms with Gasteiger partial charge in [0.15, 0.2) is 45.9 Å². The molecular formula is C80H91N33S3.